The Hall–Kier alpha value is -2.05. The Morgan fingerprint density at radius 1 is 1.28 bits per heavy atom. The van der Waals surface area contributed by atoms with Crippen LogP contribution in [0.4, 0.5) is 0 Å². The number of piperazine rings is 1. The first-order chi connectivity index (χ1) is 11.8. The van der Waals surface area contributed by atoms with E-state index in [0.717, 1.165) is 18.5 Å². The van der Waals surface area contributed by atoms with Crippen LogP contribution in [0.1, 0.15) is 30.0 Å². The molecule has 0 spiro atoms. The quantitative estimate of drug-likeness (QED) is 0.920. The molecule has 1 aromatic heterocycles. The van der Waals surface area contributed by atoms with Crippen LogP contribution in [0.3, 0.4) is 0 Å². The van der Waals surface area contributed by atoms with E-state index in [1.807, 2.05) is 30.0 Å². The SMILES string of the molecule is COc1ccc2oc(C)c(C(=O)N3CCN(CC(C)(C)O)CC3)c2c1. The molecule has 3 rings (SSSR count). The van der Waals surface area contributed by atoms with Crippen LogP contribution < -0.4 is 4.74 Å². The van der Waals surface area contributed by atoms with Crippen molar-refractivity contribution in [1.29, 1.82) is 0 Å². The van der Waals surface area contributed by atoms with Gasteiger partial charge in [-0.3, -0.25) is 9.69 Å². The Morgan fingerprint density at radius 2 is 1.96 bits per heavy atom. The zero-order chi connectivity index (χ0) is 18.2. The highest BCUT2D eigenvalue weighted by Gasteiger charge is 2.28. The molecule has 1 fully saturated rings. The molecule has 2 heterocycles. The second kappa shape index (κ2) is 6.69. The van der Waals surface area contributed by atoms with Gasteiger partial charge in [0.2, 0.25) is 0 Å². The van der Waals surface area contributed by atoms with Crippen molar-refractivity contribution in [3.05, 3.63) is 29.5 Å². The maximum atomic E-state index is 13.0. The van der Waals surface area contributed by atoms with Crippen LogP contribution in [-0.4, -0.2) is 66.2 Å². The number of β-amino-alcohol motifs (C(OH)–C–C–N with tert-alkyl or cyclic N) is 1. The van der Waals surface area contributed by atoms with Crippen molar-refractivity contribution in [2.24, 2.45) is 0 Å². The minimum absolute atomic E-state index is 0.00703. The lowest BCUT2D eigenvalue weighted by Crippen LogP contribution is -2.52. The highest BCUT2D eigenvalue weighted by atomic mass is 16.5. The van der Waals surface area contributed by atoms with Gasteiger partial charge in [-0.2, -0.15) is 0 Å². The van der Waals surface area contributed by atoms with E-state index < -0.39 is 5.60 Å². The number of rotatable bonds is 4. The molecule has 0 saturated carbocycles. The standard InChI is InChI=1S/C19H26N2O4/c1-13-17(15-11-14(24-4)5-6-16(15)25-13)18(22)21-9-7-20(8-10-21)12-19(2,3)23/h5-6,11,23H,7-10,12H2,1-4H3. The molecular formula is C19H26N2O4. The maximum absolute atomic E-state index is 13.0. The molecule has 1 saturated heterocycles. The van der Waals surface area contributed by atoms with Crippen molar-refractivity contribution in [1.82, 2.24) is 9.80 Å². The summed E-state index contributed by atoms with van der Waals surface area (Å²) in [6, 6.07) is 5.51. The van der Waals surface area contributed by atoms with Crippen molar-refractivity contribution in [3.63, 3.8) is 0 Å². The average Bonchev–Trinajstić information content (AvgIpc) is 2.88. The Balaban J connectivity index is 1.78. The highest BCUT2D eigenvalue weighted by Crippen LogP contribution is 2.30. The van der Waals surface area contributed by atoms with Gasteiger partial charge < -0.3 is 19.2 Å². The minimum atomic E-state index is -0.722. The molecule has 1 amide bonds. The molecule has 1 aromatic carbocycles. The molecule has 1 aliphatic rings. The summed E-state index contributed by atoms with van der Waals surface area (Å²) in [6.07, 6.45) is 0. The van der Waals surface area contributed by atoms with E-state index in [1.54, 1.807) is 21.0 Å². The Labute approximate surface area is 148 Å². The van der Waals surface area contributed by atoms with Crippen LogP contribution >= 0.6 is 0 Å². The van der Waals surface area contributed by atoms with E-state index in [2.05, 4.69) is 4.90 Å². The number of fused-ring (bicyclic) bond motifs is 1. The summed E-state index contributed by atoms with van der Waals surface area (Å²) >= 11 is 0. The smallest absolute Gasteiger partial charge is 0.258 e. The molecule has 1 N–H and O–H groups in total. The molecular weight excluding hydrogens is 320 g/mol. The number of furan rings is 1. The van der Waals surface area contributed by atoms with Gasteiger partial charge in [0.25, 0.3) is 5.91 Å². The number of carbonyl (C=O) groups is 1. The number of amides is 1. The topological polar surface area (TPSA) is 66.2 Å². The molecule has 0 atom stereocenters. The van der Waals surface area contributed by atoms with Crippen molar-refractivity contribution in [3.8, 4) is 5.75 Å². The van der Waals surface area contributed by atoms with Crippen molar-refractivity contribution < 1.29 is 19.1 Å². The summed E-state index contributed by atoms with van der Waals surface area (Å²) in [4.78, 5) is 17.1. The molecule has 1 aliphatic heterocycles. The number of ether oxygens (including phenoxy) is 1. The molecule has 6 heteroatoms. The van der Waals surface area contributed by atoms with Crippen LogP contribution in [0.25, 0.3) is 11.0 Å². The van der Waals surface area contributed by atoms with E-state index in [9.17, 15) is 9.90 Å². The monoisotopic (exact) mass is 346 g/mol. The van der Waals surface area contributed by atoms with E-state index in [0.29, 0.717) is 42.3 Å². The van der Waals surface area contributed by atoms with Crippen molar-refractivity contribution in [2.45, 2.75) is 26.4 Å². The number of nitrogens with zero attached hydrogens (tertiary/aromatic N) is 2. The second-order valence-electron chi connectivity index (χ2n) is 7.28. The summed E-state index contributed by atoms with van der Waals surface area (Å²) in [6.45, 7) is 8.85. The number of aliphatic hydroxyl groups is 1. The number of aryl methyl sites for hydroxylation is 1. The molecule has 0 aliphatic carbocycles. The minimum Gasteiger partial charge on any atom is -0.497 e. The first-order valence-corrected chi connectivity index (χ1v) is 8.59. The Morgan fingerprint density at radius 3 is 2.56 bits per heavy atom. The molecule has 136 valence electrons. The first kappa shape index (κ1) is 17.8. The summed E-state index contributed by atoms with van der Waals surface area (Å²) in [5, 5.41) is 10.7. The molecule has 6 nitrogen and oxygen atoms in total. The molecule has 0 radical (unpaired) electrons. The largest absolute Gasteiger partial charge is 0.497 e. The van der Waals surface area contributed by atoms with E-state index in [-0.39, 0.29) is 5.91 Å². The van der Waals surface area contributed by atoms with Crippen LogP contribution in [0.2, 0.25) is 0 Å². The van der Waals surface area contributed by atoms with Crippen LogP contribution in [0, 0.1) is 6.92 Å². The van der Waals surface area contributed by atoms with E-state index in [4.69, 9.17) is 9.15 Å². The zero-order valence-electron chi connectivity index (χ0n) is 15.3. The normalized spacial score (nSPS) is 16.4. The van der Waals surface area contributed by atoms with Crippen molar-refractivity contribution in [2.75, 3.05) is 39.8 Å². The predicted molar refractivity (Wildman–Crippen MR) is 96.1 cm³/mol. The third-order valence-corrected chi connectivity index (χ3v) is 4.56. The van der Waals surface area contributed by atoms with Crippen LogP contribution in [-0.2, 0) is 0 Å². The van der Waals surface area contributed by atoms with Gasteiger partial charge in [-0.05, 0) is 39.0 Å². The number of hydrogen-bond acceptors (Lipinski definition) is 5. The highest BCUT2D eigenvalue weighted by molar-refractivity contribution is 6.07. The third-order valence-electron chi connectivity index (χ3n) is 4.56. The summed E-state index contributed by atoms with van der Waals surface area (Å²) < 4.78 is 11.0. The summed E-state index contributed by atoms with van der Waals surface area (Å²) in [7, 11) is 1.61. The van der Waals surface area contributed by atoms with Gasteiger partial charge in [0, 0.05) is 38.1 Å². The number of benzene rings is 1. The van der Waals surface area contributed by atoms with E-state index in [1.165, 1.54) is 0 Å². The van der Waals surface area contributed by atoms with Crippen LogP contribution in [0.5, 0.6) is 5.75 Å². The Kier molecular flexibility index (Phi) is 4.75. The fraction of sp³-hybridized carbons (Fsp3) is 0.526. The van der Waals surface area contributed by atoms with Gasteiger partial charge in [-0.15, -0.1) is 0 Å². The van der Waals surface area contributed by atoms with Crippen LogP contribution in [0.15, 0.2) is 22.6 Å². The first-order valence-electron chi connectivity index (χ1n) is 8.59. The average molecular weight is 346 g/mol. The van der Waals surface area contributed by atoms with Gasteiger partial charge in [-0.25, -0.2) is 0 Å². The lowest BCUT2D eigenvalue weighted by atomic mass is 10.1. The number of carbonyl (C=O) groups excluding carboxylic acids is 1. The lowest BCUT2D eigenvalue weighted by molar-refractivity contribution is 0.0178. The maximum Gasteiger partial charge on any atom is 0.258 e. The zero-order valence-corrected chi connectivity index (χ0v) is 15.3. The number of methoxy groups -OCH3 is 1. The van der Waals surface area contributed by atoms with Crippen molar-refractivity contribution >= 4 is 16.9 Å². The molecule has 0 unspecified atom stereocenters. The second-order valence-corrected chi connectivity index (χ2v) is 7.28. The van der Waals surface area contributed by atoms with E-state index >= 15 is 0 Å². The fourth-order valence-corrected chi connectivity index (χ4v) is 3.41. The predicted octanol–water partition coefficient (Wildman–Crippen LogP) is 2.28. The number of hydrogen-bond donors (Lipinski definition) is 1. The van der Waals surface area contributed by atoms with Gasteiger partial charge in [0.15, 0.2) is 0 Å². The summed E-state index contributed by atoms with van der Waals surface area (Å²) in [5.74, 6) is 1.33. The molecule has 25 heavy (non-hydrogen) atoms. The van der Waals surface area contributed by atoms with Gasteiger partial charge in [0.05, 0.1) is 18.3 Å². The Bertz CT molecular complexity index is 768. The lowest BCUT2D eigenvalue weighted by Gasteiger charge is -2.37. The summed E-state index contributed by atoms with van der Waals surface area (Å²) in [5.41, 5.74) is 0.590. The third kappa shape index (κ3) is 3.80. The molecule has 2 aromatic rings. The van der Waals surface area contributed by atoms with Gasteiger partial charge in [0.1, 0.15) is 17.1 Å². The van der Waals surface area contributed by atoms with Gasteiger partial charge in [-0.1, -0.05) is 0 Å². The fourth-order valence-electron chi connectivity index (χ4n) is 3.41. The molecule has 0 bridgehead atoms. The van der Waals surface area contributed by atoms with Gasteiger partial charge >= 0.3 is 0 Å².